The maximum atomic E-state index is 13.1. The van der Waals surface area contributed by atoms with E-state index in [4.69, 9.17) is 9.47 Å². The molecular formula is C21H22N2O3. The number of methoxy groups -OCH3 is 2. The lowest BCUT2D eigenvalue weighted by Crippen LogP contribution is -2.26. The fraction of sp³-hybridized carbons (Fsp3) is 0.238. The summed E-state index contributed by atoms with van der Waals surface area (Å²) in [6, 6.07) is 15.1. The van der Waals surface area contributed by atoms with Crippen LogP contribution in [-0.2, 0) is 6.54 Å². The number of benzene rings is 2. The van der Waals surface area contributed by atoms with Crippen molar-refractivity contribution in [3.63, 3.8) is 0 Å². The largest absolute Gasteiger partial charge is 0.497 e. The molecule has 0 radical (unpaired) electrons. The van der Waals surface area contributed by atoms with Crippen LogP contribution in [0.3, 0.4) is 0 Å². The number of hydrogen-bond acceptors (Lipinski definition) is 4. The molecule has 0 aliphatic rings. The van der Waals surface area contributed by atoms with E-state index in [-0.39, 0.29) is 5.91 Å². The standard InChI is InChI=1S/C21H22N2O3/c1-14-11-18(17-7-5-6-8-19(17)22-14)21(24)23(2)13-15-9-10-16(25-3)12-20(15)26-4/h5-12H,13H2,1-4H3. The lowest BCUT2D eigenvalue weighted by Gasteiger charge is -2.20. The average Bonchev–Trinajstić information content (AvgIpc) is 2.66. The van der Waals surface area contributed by atoms with Crippen LogP contribution in [0.1, 0.15) is 21.6 Å². The summed E-state index contributed by atoms with van der Waals surface area (Å²) in [6.07, 6.45) is 0. The Morgan fingerprint density at radius 2 is 1.85 bits per heavy atom. The summed E-state index contributed by atoms with van der Waals surface area (Å²) in [7, 11) is 5.01. The van der Waals surface area contributed by atoms with E-state index in [0.717, 1.165) is 27.9 Å². The van der Waals surface area contributed by atoms with E-state index < -0.39 is 0 Å². The minimum Gasteiger partial charge on any atom is -0.497 e. The summed E-state index contributed by atoms with van der Waals surface area (Å²) >= 11 is 0. The van der Waals surface area contributed by atoms with Crippen LogP contribution >= 0.6 is 0 Å². The SMILES string of the molecule is COc1ccc(CN(C)C(=O)c2cc(C)nc3ccccc23)c(OC)c1. The molecule has 0 N–H and O–H groups in total. The summed E-state index contributed by atoms with van der Waals surface area (Å²) in [6.45, 7) is 2.33. The van der Waals surface area contributed by atoms with Crippen molar-refractivity contribution < 1.29 is 14.3 Å². The zero-order chi connectivity index (χ0) is 18.7. The van der Waals surface area contributed by atoms with Gasteiger partial charge in [0.15, 0.2) is 0 Å². The monoisotopic (exact) mass is 350 g/mol. The number of aryl methyl sites for hydroxylation is 1. The van der Waals surface area contributed by atoms with Gasteiger partial charge in [-0.1, -0.05) is 18.2 Å². The normalized spacial score (nSPS) is 10.6. The quantitative estimate of drug-likeness (QED) is 0.702. The first-order valence-corrected chi connectivity index (χ1v) is 8.36. The van der Waals surface area contributed by atoms with Crippen molar-refractivity contribution in [3.05, 3.63) is 65.4 Å². The number of hydrogen-bond donors (Lipinski definition) is 0. The van der Waals surface area contributed by atoms with Crippen LogP contribution in [0.15, 0.2) is 48.5 Å². The lowest BCUT2D eigenvalue weighted by atomic mass is 10.1. The highest BCUT2D eigenvalue weighted by Crippen LogP contribution is 2.26. The molecule has 1 heterocycles. The van der Waals surface area contributed by atoms with Gasteiger partial charge in [-0.15, -0.1) is 0 Å². The molecule has 2 aromatic carbocycles. The lowest BCUT2D eigenvalue weighted by molar-refractivity contribution is 0.0786. The number of carbonyl (C=O) groups is 1. The van der Waals surface area contributed by atoms with Crippen molar-refractivity contribution in [2.24, 2.45) is 0 Å². The second kappa shape index (κ2) is 7.44. The van der Waals surface area contributed by atoms with Crippen LogP contribution in [0, 0.1) is 6.92 Å². The number of nitrogens with zero attached hydrogens (tertiary/aromatic N) is 2. The maximum Gasteiger partial charge on any atom is 0.254 e. The van der Waals surface area contributed by atoms with Gasteiger partial charge in [-0.2, -0.15) is 0 Å². The van der Waals surface area contributed by atoms with Gasteiger partial charge in [-0.05, 0) is 31.2 Å². The van der Waals surface area contributed by atoms with Crippen molar-refractivity contribution >= 4 is 16.8 Å². The average molecular weight is 350 g/mol. The number of rotatable bonds is 5. The highest BCUT2D eigenvalue weighted by Gasteiger charge is 2.18. The second-order valence-corrected chi connectivity index (χ2v) is 6.17. The third-order valence-electron chi connectivity index (χ3n) is 4.32. The van der Waals surface area contributed by atoms with Crippen LogP contribution in [0.25, 0.3) is 10.9 Å². The summed E-state index contributed by atoms with van der Waals surface area (Å²) in [5.74, 6) is 1.36. The van der Waals surface area contributed by atoms with E-state index in [1.807, 2.05) is 55.5 Å². The number of carbonyl (C=O) groups excluding carboxylic acids is 1. The van der Waals surface area contributed by atoms with Crippen molar-refractivity contribution in [3.8, 4) is 11.5 Å². The number of amides is 1. The predicted molar refractivity (Wildman–Crippen MR) is 102 cm³/mol. The van der Waals surface area contributed by atoms with E-state index in [1.165, 1.54) is 0 Å². The number of pyridine rings is 1. The van der Waals surface area contributed by atoms with Gasteiger partial charge in [0.25, 0.3) is 5.91 Å². The van der Waals surface area contributed by atoms with Crippen molar-refractivity contribution in [1.29, 1.82) is 0 Å². The topological polar surface area (TPSA) is 51.7 Å². The number of para-hydroxylation sites is 1. The highest BCUT2D eigenvalue weighted by atomic mass is 16.5. The van der Waals surface area contributed by atoms with Crippen LogP contribution in [0.4, 0.5) is 0 Å². The van der Waals surface area contributed by atoms with E-state index in [9.17, 15) is 4.79 Å². The van der Waals surface area contributed by atoms with Crippen molar-refractivity contribution in [2.45, 2.75) is 13.5 Å². The Labute approximate surface area is 153 Å². The van der Waals surface area contributed by atoms with Crippen LogP contribution < -0.4 is 9.47 Å². The highest BCUT2D eigenvalue weighted by molar-refractivity contribution is 6.06. The third-order valence-corrected chi connectivity index (χ3v) is 4.32. The van der Waals surface area contributed by atoms with Crippen LogP contribution in [0.2, 0.25) is 0 Å². The van der Waals surface area contributed by atoms with E-state index in [2.05, 4.69) is 4.98 Å². The minimum atomic E-state index is -0.0513. The van der Waals surface area contributed by atoms with Gasteiger partial charge >= 0.3 is 0 Å². The van der Waals surface area contributed by atoms with E-state index in [0.29, 0.717) is 17.9 Å². The molecule has 0 saturated carbocycles. The molecule has 3 aromatic rings. The first kappa shape index (κ1) is 17.7. The summed E-state index contributed by atoms with van der Waals surface area (Å²) in [4.78, 5) is 19.3. The third kappa shape index (κ3) is 3.47. The molecule has 0 bridgehead atoms. The zero-order valence-corrected chi connectivity index (χ0v) is 15.4. The summed E-state index contributed by atoms with van der Waals surface area (Å²) in [5.41, 5.74) is 3.22. The molecule has 0 unspecified atom stereocenters. The van der Waals surface area contributed by atoms with Gasteiger partial charge in [-0.25, -0.2) is 0 Å². The van der Waals surface area contributed by atoms with Crippen LogP contribution in [-0.4, -0.2) is 37.1 Å². The van der Waals surface area contributed by atoms with Gasteiger partial charge in [0.2, 0.25) is 0 Å². The summed E-state index contributed by atoms with van der Waals surface area (Å²) in [5, 5.41) is 0.858. The molecule has 0 atom stereocenters. The fourth-order valence-electron chi connectivity index (χ4n) is 3.00. The number of fused-ring (bicyclic) bond motifs is 1. The van der Waals surface area contributed by atoms with Gasteiger partial charge in [0, 0.05) is 36.3 Å². The fourth-order valence-corrected chi connectivity index (χ4v) is 3.00. The molecule has 1 amide bonds. The number of ether oxygens (including phenoxy) is 2. The molecule has 1 aromatic heterocycles. The molecule has 134 valence electrons. The van der Waals surface area contributed by atoms with E-state index in [1.54, 1.807) is 26.2 Å². The number of aromatic nitrogens is 1. The van der Waals surface area contributed by atoms with Gasteiger partial charge in [-0.3, -0.25) is 9.78 Å². The van der Waals surface area contributed by atoms with Gasteiger partial charge < -0.3 is 14.4 Å². The molecule has 5 nitrogen and oxygen atoms in total. The molecular weight excluding hydrogens is 328 g/mol. The minimum absolute atomic E-state index is 0.0513. The smallest absolute Gasteiger partial charge is 0.254 e. The first-order chi connectivity index (χ1) is 12.5. The Morgan fingerprint density at radius 1 is 1.08 bits per heavy atom. The second-order valence-electron chi connectivity index (χ2n) is 6.17. The molecule has 0 aliphatic heterocycles. The molecule has 26 heavy (non-hydrogen) atoms. The maximum absolute atomic E-state index is 13.1. The predicted octanol–water partition coefficient (Wildman–Crippen LogP) is 3.83. The Balaban J connectivity index is 1.92. The van der Waals surface area contributed by atoms with Crippen LogP contribution in [0.5, 0.6) is 11.5 Å². The zero-order valence-electron chi connectivity index (χ0n) is 15.4. The molecule has 0 saturated heterocycles. The van der Waals surface area contributed by atoms with E-state index >= 15 is 0 Å². The Hall–Kier alpha value is -3.08. The van der Waals surface area contributed by atoms with Gasteiger partial charge in [0.05, 0.1) is 25.3 Å². The Kier molecular flexibility index (Phi) is 5.07. The summed E-state index contributed by atoms with van der Waals surface area (Å²) < 4.78 is 10.7. The molecule has 0 aliphatic carbocycles. The Bertz CT molecular complexity index is 953. The van der Waals surface area contributed by atoms with Crippen molar-refractivity contribution in [1.82, 2.24) is 9.88 Å². The van der Waals surface area contributed by atoms with Crippen molar-refractivity contribution in [2.75, 3.05) is 21.3 Å². The molecule has 0 spiro atoms. The Morgan fingerprint density at radius 3 is 2.58 bits per heavy atom. The molecule has 5 heteroatoms. The van der Waals surface area contributed by atoms with Gasteiger partial charge in [0.1, 0.15) is 11.5 Å². The molecule has 3 rings (SSSR count). The first-order valence-electron chi connectivity index (χ1n) is 8.36. The molecule has 0 fully saturated rings.